The summed E-state index contributed by atoms with van der Waals surface area (Å²) in [5.41, 5.74) is -0.460. The summed E-state index contributed by atoms with van der Waals surface area (Å²) in [6.07, 6.45) is 2.25. The van der Waals surface area contributed by atoms with Gasteiger partial charge in [0.15, 0.2) is 0 Å². The number of hydrogen-bond donors (Lipinski definition) is 0. The topological polar surface area (TPSA) is 83.1 Å². The molecule has 0 bridgehead atoms. The van der Waals surface area contributed by atoms with Crippen molar-refractivity contribution in [3.8, 4) is 6.07 Å². The summed E-state index contributed by atoms with van der Waals surface area (Å²) in [5.74, 6) is 0. The van der Waals surface area contributed by atoms with Gasteiger partial charge in [-0.3, -0.25) is 10.1 Å². The van der Waals surface area contributed by atoms with Gasteiger partial charge in [0, 0.05) is 19.2 Å². The Morgan fingerprint density at radius 2 is 2.21 bits per heavy atom. The first kappa shape index (κ1) is 13.7. The second-order valence-corrected chi connectivity index (χ2v) is 5.60. The molecule has 1 aliphatic heterocycles. The molecular weight excluding hydrogens is 284 g/mol. The van der Waals surface area contributed by atoms with Gasteiger partial charge in [0.05, 0.1) is 4.92 Å². The van der Waals surface area contributed by atoms with Gasteiger partial charge in [0.1, 0.15) is 15.4 Å². The maximum absolute atomic E-state index is 10.7. The van der Waals surface area contributed by atoms with Gasteiger partial charge in [-0.2, -0.15) is 5.26 Å². The van der Waals surface area contributed by atoms with Gasteiger partial charge >= 0.3 is 5.69 Å². The predicted molar refractivity (Wildman–Crippen MR) is 74.9 cm³/mol. The number of rotatable bonds is 2. The number of pyridine rings is 1. The molecule has 98 valence electrons. The van der Waals surface area contributed by atoms with Crippen LogP contribution in [0.4, 0.5) is 5.69 Å². The fraction of sp³-hybridized carbons (Fsp3) is 0.364. The number of nitriles is 1. The standard InChI is InChI=1S/C11H10N4O2S2/c12-7-8-9(15(16)17)3-4-10(13-8)19-11(18)14-5-1-2-6-14/h3-4H,1-2,5-6H2. The average molecular weight is 294 g/mol. The molecule has 0 N–H and O–H groups in total. The molecule has 1 saturated heterocycles. The highest BCUT2D eigenvalue weighted by Gasteiger charge is 2.19. The maximum Gasteiger partial charge on any atom is 0.305 e. The Kier molecular flexibility index (Phi) is 4.29. The molecule has 1 fully saturated rings. The molecule has 2 rings (SSSR count). The Bertz CT molecular complexity index is 564. The number of thiocarbonyl (C=S) groups is 1. The number of nitrogens with zero attached hydrogens (tertiary/aromatic N) is 4. The van der Waals surface area contributed by atoms with Crippen LogP contribution in [0.2, 0.25) is 0 Å². The average Bonchev–Trinajstić information content (AvgIpc) is 2.92. The summed E-state index contributed by atoms with van der Waals surface area (Å²) in [7, 11) is 0. The van der Waals surface area contributed by atoms with E-state index in [1.165, 1.54) is 23.9 Å². The van der Waals surface area contributed by atoms with Crippen molar-refractivity contribution < 1.29 is 4.92 Å². The Morgan fingerprint density at radius 3 is 2.79 bits per heavy atom. The van der Waals surface area contributed by atoms with Crippen molar-refractivity contribution in [1.29, 1.82) is 5.26 Å². The first-order valence-corrected chi connectivity index (χ1v) is 6.86. The first-order chi connectivity index (χ1) is 9.11. The third-order valence-corrected chi connectivity index (χ3v) is 4.08. The van der Waals surface area contributed by atoms with Gasteiger partial charge in [0.25, 0.3) is 0 Å². The minimum atomic E-state index is -0.612. The predicted octanol–water partition coefficient (Wildman–Crippen LogP) is 2.33. The maximum atomic E-state index is 10.7. The van der Waals surface area contributed by atoms with Gasteiger partial charge in [-0.25, -0.2) is 4.98 Å². The molecule has 6 nitrogen and oxygen atoms in total. The van der Waals surface area contributed by atoms with Crippen LogP contribution in [-0.4, -0.2) is 32.2 Å². The van der Waals surface area contributed by atoms with E-state index in [0.29, 0.717) is 9.35 Å². The van der Waals surface area contributed by atoms with Gasteiger partial charge in [-0.05, 0) is 30.7 Å². The Morgan fingerprint density at radius 1 is 1.53 bits per heavy atom. The molecule has 0 saturated carbocycles. The lowest BCUT2D eigenvalue weighted by molar-refractivity contribution is -0.385. The van der Waals surface area contributed by atoms with Crippen molar-refractivity contribution in [2.75, 3.05) is 13.1 Å². The van der Waals surface area contributed by atoms with Gasteiger partial charge in [-0.1, -0.05) is 12.2 Å². The highest BCUT2D eigenvalue weighted by Crippen LogP contribution is 2.25. The van der Waals surface area contributed by atoms with Crippen molar-refractivity contribution >= 4 is 34.0 Å². The van der Waals surface area contributed by atoms with E-state index in [4.69, 9.17) is 17.5 Å². The summed E-state index contributed by atoms with van der Waals surface area (Å²) < 4.78 is 0.697. The molecule has 0 spiro atoms. The van der Waals surface area contributed by atoms with Crippen molar-refractivity contribution in [2.24, 2.45) is 0 Å². The van der Waals surface area contributed by atoms with E-state index in [-0.39, 0.29) is 11.4 Å². The first-order valence-electron chi connectivity index (χ1n) is 5.64. The van der Waals surface area contributed by atoms with Crippen molar-refractivity contribution in [3.63, 3.8) is 0 Å². The van der Waals surface area contributed by atoms with Gasteiger partial charge < -0.3 is 4.90 Å². The van der Waals surface area contributed by atoms with Crippen LogP contribution in [0, 0.1) is 21.4 Å². The molecule has 0 radical (unpaired) electrons. The Hall–Kier alpha value is -1.72. The van der Waals surface area contributed by atoms with Crippen LogP contribution in [-0.2, 0) is 0 Å². The van der Waals surface area contributed by atoms with Crippen molar-refractivity contribution in [3.05, 3.63) is 27.9 Å². The van der Waals surface area contributed by atoms with Crippen LogP contribution < -0.4 is 0 Å². The molecular formula is C11H10N4O2S2. The molecule has 1 aromatic rings. The summed E-state index contributed by atoms with van der Waals surface area (Å²) in [5, 5.41) is 20.1. The number of thioether (sulfide) groups is 1. The fourth-order valence-electron chi connectivity index (χ4n) is 1.77. The van der Waals surface area contributed by atoms with E-state index in [9.17, 15) is 10.1 Å². The summed E-state index contributed by atoms with van der Waals surface area (Å²) in [4.78, 5) is 16.1. The lowest BCUT2D eigenvalue weighted by Crippen LogP contribution is -2.23. The van der Waals surface area contributed by atoms with E-state index in [1.54, 1.807) is 6.07 Å². The molecule has 0 unspecified atom stereocenters. The lowest BCUT2D eigenvalue weighted by Gasteiger charge is -2.16. The van der Waals surface area contributed by atoms with E-state index < -0.39 is 4.92 Å². The van der Waals surface area contributed by atoms with Crippen LogP contribution in [0.1, 0.15) is 18.5 Å². The summed E-state index contributed by atoms with van der Waals surface area (Å²) in [6.45, 7) is 1.87. The quantitative estimate of drug-likeness (QED) is 0.358. The van der Waals surface area contributed by atoms with Gasteiger partial charge in [0.2, 0.25) is 5.69 Å². The van der Waals surface area contributed by atoms with Crippen LogP contribution in [0.25, 0.3) is 0 Å². The Balaban J connectivity index is 2.15. The van der Waals surface area contributed by atoms with Crippen LogP contribution in [0.3, 0.4) is 0 Å². The SMILES string of the molecule is N#Cc1nc(SC(=S)N2CCCC2)ccc1[N+](=O)[O-]. The summed E-state index contributed by atoms with van der Waals surface area (Å²) in [6, 6.07) is 4.55. The fourth-order valence-corrected chi connectivity index (χ4v) is 2.98. The van der Waals surface area contributed by atoms with E-state index in [1.807, 2.05) is 0 Å². The van der Waals surface area contributed by atoms with Crippen molar-refractivity contribution in [2.45, 2.75) is 17.9 Å². The van der Waals surface area contributed by atoms with Crippen LogP contribution >= 0.6 is 24.0 Å². The number of hydrogen-bond acceptors (Lipinski definition) is 6. The molecule has 0 atom stereocenters. The normalized spacial score (nSPS) is 14.2. The van der Waals surface area contributed by atoms with Crippen LogP contribution in [0.15, 0.2) is 17.2 Å². The Labute approximate surface area is 119 Å². The third-order valence-electron chi connectivity index (χ3n) is 2.71. The zero-order chi connectivity index (χ0) is 13.8. The molecule has 0 aliphatic carbocycles. The second kappa shape index (κ2) is 5.95. The van der Waals surface area contributed by atoms with E-state index in [0.717, 1.165) is 25.9 Å². The zero-order valence-corrected chi connectivity index (χ0v) is 11.5. The molecule has 2 heterocycles. The molecule has 19 heavy (non-hydrogen) atoms. The lowest BCUT2D eigenvalue weighted by atomic mass is 10.3. The molecule has 8 heteroatoms. The summed E-state index contributed by atoms with van der Waals surface area (Å²) >= 11 is 6.56. The van der Waals surface area contributed by atoms with Crippen molar-refractivity contribution in [1.82, 2.24) is 9.88 Å². The zero-order valence-electron chi connectivity index (χ0n) is 9.90. The minimum Gasteiger partial charge on any atom is -0.357 e. The monoisotopic (exact) mass is 294 g/mol. The smallest absolute Gasteiger partial charge is 0.305 e. The molecule has 1 aliphatic rings. The highest BCUT2D eigenvalue weighted by atomic mass is 32.2. The van der Waals surface area contributed by atoms with E-state index >= 15 is 0 Å². The highest BCUT2D eigenvalue weighted by molar-refractivity contribution is 8.22. The number of nitro groups is 1. The molecule has 0 aromatic carbocycles. The molecule has 1 aromatic heterocycles. The second-order valence-electron chi connectivity index (χ2n) is 3.95. The molecule has 0 amide bonds. The number of likely N-dealkylation sites (tertiary alicyclic amines) is 1. The largest absolute Gasteiger partial charge is 0.357 e. The van der Waals surface area contributed by atoms with Crippen LogP contribution in [0.5, 0.6) is 0 Å². The number of aromatic nitrogens is 1. The van der Waals surface area contributed by atoms with Gasteiger partial charge in [-0.15, -0.1) is 0 Å². The van der Waals surface area contributed by atoms with E-state index in [2.05, 4.69) is 9.88 Å². The third kappa shape index (κ3) is 3.19. The minimum absolute atomic E-state index is 0.181.